The van der Waals surface area contributed by atoms with E-state index >= 15 is 0 Å². The second-order valence-electron chi connectivity index (χ2n) is 6.31. The quantitative estimate of drug-likeness (QED) is 0.601. The van der Waals surface area contributed by atoms with Crippen molar-refractivity contribution in [3.8, 4) is 5.75 Å². The highest BCUT2D eigenvalue weighted by molar-refractivity contribution is 7.16. The number of carbonyl (C=O) groups excluding carboxylic acids is 1. The average molecular weight is 385 g/mol. The van der Waals surface area contributed by atoms with Crippen molar-refractivity contribution in [1.82, 2.24) is 4.57 Å². The number of benzene rings is 2. The molecule has 3 aromatic rings. The summed E-state index contributed by atoms with van der Waals surface area (Å²) in [5, 5.41) is 0. The van der Waals surface area contributed by atoms with Gasteiger partial charge in [0.1, 0.15) is 5.75 Å². The Morgan fingerprint density at radius 3 is 2.78 bits per heavy atom. The van der Waals surface area contributed by atoms with Crippen LogP contribution in [0.15, 0.2) is 41.4 Å². The van der Waals surface area contributed by atoms with Crippen molar-refractivity contribution in [2.24, 2.45) is 4.99 Å². The maximum atomic E-state index is 12.7. The molecule has 0 unspecified atom stereocenters. The predicted octanol–water partition coefficient (Wildman–Crippen LogP) is 4.11. The zero-order valence-electron chi connectivity index (χ0n) is 16.1. The number of rotatable bonds is 6. The fourth-order valence-corrected chi connectivity index (χ4v) is 4.13. The summed E-state index contributed by atoms with van der Waals surface area (Å²) in [6.45, 7) is 8.04. The van der Waals surface area contributed by atoms with Crippen molar-refractivity contribution < 1.29 is 14.3 Å². The Labute approximate surface area is 162 Å². The maximum absolute atomic E-state index is 12.7. The Kier molecular flexibility index (Phi) is 6.08. The lowest BCUT2D eigenvalue weighted by molar-refractivity contribution is 0.0996. The second kappa shape index (κ2) is 8.50. The number of aromatic nitrogens is 1. The number of hydrogen-bond donors (Lipinski definition) is 0. The molecule has 0 spiro atoms. The molecule has 0 aliphatic carbocycles. The van der Waals surface area contributed by atoms with Crippen molar-refractivity contribution in [1.29, 1.82) is 0 Å². The van der Waals surface area contributed by atoms with Crippen molar-refractivity contribution in [2.45, 2.75) is 27.3 Å². The zero-order valence-corrected chi connectivity index (χ0v) is 16.9. The predicted molar refractivity (Wildman–Crippen MR) is 109 cm³/mol. The van der Waals surface area contributed by atoms with E-state index in [1.807, 2.05) is 13.0 Å². The number of thiazole rings is 1. The summed E-state index contributed by atoms with van der Waals surface area (Å²) in [7, 11) is 1.58. The number of amides is 1. The molecule has 3 rings (SSSR count). The highest BCUT2D eigenvalue weighted by Crippen LogP contribution is 2.23. The van der Waals surface area contributed by atoms with Gasteiger partial charge in [-0.3, -0.25) is 4.79 Å². The van der Waals surface area contributed by atoms with E-state index in [1.165, 1.54) is 22.5 Å². The molecule has 0 N–H and O–H groups in total. The van der Waals surface area contributed by atoms with Crippen LogP contribution in [-0.2, 0) is 11.3 Å². The van der Waals surface area contributed by atoms with E-state index in [0.717, 1.165) is 10.2 Å². The molecular formula is C21H24N2O3S. The molecule has 0 fully saturated rings. The van der Waals surface area contributed by atoms with Gasteiger partial charge in [-0.25, -0.2) is 0 Å². The zero-order chi connectivity index (χ0) is 19.4. The van der Waals surface area contributed by atoms with E-state index < -0.39 is 0 Å². The fraction of sp³-hybridized carbons (Fsp3) is 0.333. The molecule has 0 aliphatic heterocycles. The highest BCUT2D eigenvalue weighted by Gasteiger charge is 2.12. The molecule has 5 nitrogen and oxygen atoms in total. The smallest absolute Gasteiger partial charge is 0.279 e. The van der Waals surface area contributed by atoms with Gasteiger partial charge in [0.05, 0.1) is 23.9 Å². The number of fused-ring (bicyclic) bond motifs is 1. The van der Waals surface area contributed by atoms with E-state index in [0.29, 0.717) is 35.9 Å². The summed E-state index contributed by atoms with van der Waals surface area (Å²) in [4.78, 5) is 17.8. The lowest BCUT2D eigenvalue weighted by atomic mass is 10.1. The molecule has 2 aromatic carbocycles. The van der Waals surface area contributed by atoms with Crippen molar-refractivity contribution in [3.05, 3.63) is 57.9 Å². The molecule has 1 amide bonds. The van der Waals surface area contributed by atoms with Crippen LogP contribution in [0.1, 0.15) is 28.4 Å². The van der Waals surface area contributed by atoms with Crippen molar-refractivity contribution in [3.63, 3.8) is 0 Å². The lowest BCUT2D eigenvalue weighted by Gasteiger charge is -2.07. The first-order valence-corrected chi connectivity index (χ1v) is 9.76. The normalized spacial score (nSPS) is 11.9. The Bertz CT molecular complexity index is 1030. The van der Waals surface area contributed by atoms with Crippen LogP contribution in [0.4, 0.5) is 0 Å². The molecule has 0 aliphatic rings. The molecule has 1 aromatic heterocycles. The Hall–Kier alpha value is -2.44. The monoisotopic (exact) mass is 384 g/mol. The van der Waals surface area contributed by atoms with Gasteiger partial charge in [0.15, 0.2) is 4.80 Å². The van der Waals surface area contributed by atoms with E-state index in [4.69, 9.17) is 9.47 Å². The molecule has 0 atom stereocenters. The van der Waals surface area contributed by atoms with E-state index in [2.05, 4.69) is 35.5 Å². The van der Waals surface area contributed by atoms with Gasteiger partial charge in [-0.05, 0) is 56.2 Å². The molecule has 0 saturated heterocycles. The summed E-state index contributed by atoms with van der Waals surface area (Å²) in [5.41, 5.74) is 3.98. The fourth-order valence-electron chi connectivity index (χ4n) is 3.02. The number of hydrogen-bond acceptors (Lipinski definition) is 4. The van der Waals surface area contributed by atoms with Crippen LogP contribution >= 0.6 is 11.3 Å². The van der Waals surface area contributed by atoms with Gasteiger partial charge in [-0.2, -0.15) is 4.99 Å². The van der Waals surface area contributed by atoms with Gasteiger partial charge < -0.3 is 14.0 Å². The molecule has 0 radical (unpaired) electrons. The van der Waals surface area contributed by atoms with Crippen LogP contribution in [0.5, 0.6) is 5.75 Å². The van der Waals surface area contributed by atoms with Gasteiger partial charge in [0, 0.05) is 18.7 Å². The first kappa shape index (κ1) is 19.3. The standard InChI is InChI=1S/C21H24N2O3S/c1-5-26-10-9-23-18-12-14(2)11-15(3)19(18)27-21(23)22-20(24)16-7-6-8-17(13-16)25-4/h6-8,11-13H,5,9-10H2,1-4H3. The third kappa shape index (κ3) is 4.28. The van der Waals surface area contributed by atoms with Gasteiger partial charge >= 0.3 is 0 Å². The number of ether oxygens (including phenoxy) is 2. The van der Waals surface area contributed by atoms with Crippen LogP contribution in [0.2, 0.25) is 0 Å². The summed E-state index contributed by atoms with van der Waals surface area (Å²) in [5.74, 6) is 0.364. The summed E-state index contributed by atoms with van der Waals surface area (Å²) in [6.07, 6.45) is 0. The molecule has 0 bridgehead atoms. The average Bonchev–Trinajstić information content (AvgIpc) is 2.99. The van der Waals surface area contributed by atoms with Crippen LogP contribution in [-0.4, -0.2) is 30.8 Å². The number of carbonyl (C=O) groups is 1. The second-order valence-corrected chi connectivity index (χ2v) is 7.29. The van der Waals surface area contributed by atoms with Gasteiger partial charge in [-0.15, -0.1) is 0 Å². The first-order valence-electron chi connectivity index (χ1n) is 8.95. The molecule has 1 heterocycles. The molecule has 27 heavy (non-hydrogen) atoms. The Balaban J connectivity index is 2.10. The minimum Gasteiger partial charge on any atom is -0.497 e. The van der Waals surface area contributed by atoms with Crippen LogP contribution < -0.4 is 9.54 Å². The topological polar surface area (TPSA) is 52.8 Å². The van der Waals surface area contributed by atoms with Crippen molar-refractivity contribution >= 4 is 27.5 Å². The molecule has 142 valence electrons. The number of methoxy groups -OCH3 is 1. The third-order valence-electron chi connectivity index (χ3n) is 4.29. The summed E-state index contributed by atoms with van der Waals surface area (Å²) >= 11 is 1.54. The minimum absolute atomic E-state index is 0.278. The summed E-state index contributed by atoms with van der Waals surface area (Å²) in [6, 6.07) is 11.4. The number of nitrogens with zero attached hydrogens (tertiary/aromatic N) is 2. The van der Waals surface area contributed by atoms with Crippen molar-refractivity contribution in [2.75, 3.05) is 20.3 Å². The maximum Gasteiger partial charge on any atom is 0.279 e. The largest absolute Gasteiger partial charge is 0.497 e. The third-order valence-corrected chi connectivity index (χ3v) is 5.52. The lowest BCUT2D eigenvalue weighted by Crippen LogP contribution is -2.19. The molecule has 0 saturated carbocycles. The van der Waals surface area contributed by atoms with Crippen LogP contribution in [0.3, 0.4) is 0 Å². The van der Waals surface area contributed by atoms with Gasteiger partial charge in [-0.1, -0.05) is 23.5 Å². The van der Waals surface area contributed by atoms with E-state index in [1.54, 1.807) is 25.3 Å². The Morgan fingerprint density at radius 1 is 1.22 bits per heavy atom. The molecule has 6 heteroatoms. The number of aryl methyl sites for hydroxylation is 2. The summed E-state index contributed by atoms with van der Waals surface area (Å²) < 4.78 is 14.0. The molecular weight excluding hydrogens is 360 g/mol. The van der Waals surface area contributed by atoms with E-state index in [-0.39, 0.29) is 5.91 Å². The first-order chi connectivity index (χ1) is 13.0. The van der Waals surface area contributed by atoms with E-state index in [9.17, 15) is 4.79 Å². The highest BCUT2D eigenvalue weighted by atomic mass is 32.1. The van der Waals surface area contributed by atoms with Gasteiger partial charge in [0.25, 0.3) is 5.91 Å². The van der Waals surface area contributed by atoms with Crippen LogP contribution in [0.25, 0.3) is 10.2 Å². The van der Waals surface area contributed by atoms with Gasteiger partial charge in [0.2, 0.25) is 0 Å². The van der Waals surface area contributed by atoms with Crippen LogP contribution in [0, 0.1) is 13.8 Å². The SMILES string of the molecule is CCOCCn1c(=NC(=O)c2cccc(OC)c2)sc2c(C)cc(C)cc21. The Morgan fingerprint density at radius 2 is 2.04 bits per heavy atom. The minimum atomic E-state index is -0.278.